The average Bonchev–Trinajstić information content (AvgIpc) is 2.84. The Morgan fingerprint density at radius 1 is 1.50 bits per heavy atom. The minimum atomic E-state index is -3.70. The number of hydrogen-bond donors (Lipinski definition) is 2. The van der Waals surface area contributed by atoms with Gasteiger partial charge in [-0.05, 0) is 12.1 Å². The number of hydrogen-bond acceptors (Lipinski definition) is 5. The first-order valence-corrected chi connectivity index (χ1v) is 7.16. The predicted molar refractivity (Wildman–Crippen MR) is 74.2 cm³/mol. The Morgan fingerprint density at radius 3 is 2.95 bits per heavy atom. The maximum Gasteiger partial charge on any atom is 0.266 e. The lowest BCUT2D eigenvalue weighted by atomic mass is 10.2. The zero-order valence-electron chi connectivity index (χ0n) is 10.7. The molecule has 0 aliphatic heterocycles. The summed E-state index contributed by atoms with van der Waals surface area (Å²) in [5.41, 5.74) is 5.92. The number of rotatable bonds is 3. The summed E-state index contributed by atoms with van der Waals surface area (Å²) in [5, 5.41) is 3.82. The van der Waals surface area contributed by atoms with Gasteiger partial charge in [-0.15, -0.1) is 0 Å². The maximum absolute atomic E-state index is 12.1. The van der Waals surface area contributed by atoms with Gasteiger partial charge >= 0.3 is 0 Å². The molecule has 8 heteroatoms. The van der Waals surface area contributed by atoms with Gasteiger partial charge in [0.05, 0.1) is 12.7 Å². The molecule has 7 nitrogen and oxygen atoms in total. The zero-order valence-corrected chi connectivity index (χ0v) is 11.6. The van der Waals surface area contributed by atoms with Crippen molar-refractivity contribution in [3.63, 3.8) is 0 Å². The Labute approximate surface area is 116 Å². The highest BCUT2D eigenvalue weighted by atomic mass is 32.2. The van der Waals surface area contributed by atoms with Crippen LogP contribution in [0.2, 0.25) is 0 Å². The second-order valence-electron chi connectivity index (χ2n) is 3.89. The van der Waals surface area contributed by atoms with Gasteiger partial charge in [0.15, 0.2) is 0 Å². The number of anilines is 1. The Bertz CT molecular complexity index is 770. The van der Waals surface area contributed by atoms with Gasteiger partial charge in [0, 0.05) is 25.0 Å². The van der Waals surface area contributed by atoms with Crippen LogP contribution in [-0.4, -0.2) is 29.7 Å². The molecule has 0 spiro atoms. The molecule has 0 amide bonds. The van der Waals surface area contributed by atoms with E-state index < -0.39 is 10.0 Å². The largest absolute Gasteiger partial charge is 0.320 e. The number of nitrogens with two attached hydrogens (primary N) is 1. The van der Waals surface area contributed by atoms with Crippen LogP contribution in [0.4, 0.5) is 5.82 Å². The molecule has 104 valence electrons. The van der Waals surface area contributed by atoms with Crippen LogP contribution >= 0.6 is 0 Å². The summed E-state index contributed by atoms with van der Waals surface area (Å²) in [7, 11) is -2.06. The molecular weight excluding hydrogens is 278 g/mol. The molecule has 0 atom stereocenters. The molecule has 0 bridgehead atoms. The van der Waals surface area contributed by atoms with Crippen molar-refractivity contribution in [2.24, 2.45) is 12.8 Å². The average molecular weight is 291 g/mol. The van der Waals surface area contributed by atoms with Crippen molar-refractivity contribution in [2.75, 3.05) is 11.3 Å². The summed E-state index contributed by atoms with van der Waals surface area (Å²) < 4.78 is 27.9. The molecule has 0 fully saturated rings. The number of aryl methyl sites for hydroxylation is 1. The van der Waals surface area contributed by atoms with Crippen molar-refractivity contribution in [1.29, 1.82) is 0 Å². The molecule has 0 saturated heterocycles. The second-order valence-corrected chi connectivity index (χ2v) is 5.57. The first kappa shape index (κ1) is 14.0. The van der Waals surface area contributed by atoms with E-state index in [1.54, 1.807) is 13.1 Å². The molecule has 0 saturated carbocycles. The topological polar surface area (TPSA) is 103 Å². The van der Waals surface area contributed by atoms with E-state index in [-0.39, 0.29) is 17.3 Å². The lowest BCUT2D eigenvalue weighted by Gasteiger charge is -2.05. The van der Waals surface area contributed by atoms with Gasteiger partial charge in [0.1, 0.15) is 10.7 Å². The molecule has 3 N–H and O–H groups in total. The highest BCUT2D eigenvalue weighted by Gasteiger charge is 2.16. The van der Waals surface area contributed by atoms with E-state index in [1.807, 2.05) is 0 Å². The van der Waals surface area contributed by atoms with Crippen LogP contribution in [0.3, 0.4) is 0 Å². The summed E-state index contributed by atoms with van der Waals surface area (Å²) >= 11 is 0. The van der Waals surface area contributed by atoms with E-state index >= 15 is 0 Å². The van der Waals surface area contributed by atoms with Crippen LogP contribution in [0.15, 0.2) is 35.6 Å². The number of nitrogens with zero attached hydrogens (tertiary/aromatic N) is 3. The van der Waals surface area contributed by atoms with Gasteiger partial charge in [-0.2, -0.15) is 5.10 Å². The zero-order chi connectivity index (χ0) is 14.6. The van der Waals surface area contributed by atoms with Crippen molar-refractivity contribution in [3.8, 4) is 11.8 Å². The number of aromatic nitrogens is 3. The molecule has 2 aromatic heterocycles. The van der Waals surface area contributed by atoms with Gasteiger partial charge < -0.3 is 5.73 Å². The molecule has 0 aliphatic rings. The second kappa shape index (κ2) is 5.73. The minimum absolute atomic E-state index is 0.0697. The Hall–Kier alpha value is -2.37. The standard InChI is InChI=1S/C12H13N5O2S/c1-17-9-11(8-15-17)20(18,19)16-12-7-10(3-2-5-13)4-6-14-12/h4,6-9H,5,13H2,1H3,(H,14,16). The highest BCUT2D eigenvalue weighted by molar-refractivity contribution is 7.92. The minimum Gasteiger partial charge on any atom is -0.320 e. The monoisotopic (exact) mass is 291 g/mol. The fourth-order valence-corrected chi connectivity index (χ4v) is 2.43. The van der Waals surface area contributed by atoms with Crippen molar-refractivity contribution >= 4 is 15.8 Å². The van der Waals surface area contributed by atoms with E-state index in [2.05, 4.69) is 26.6 Å². The predicted octanol–water partition coefficient (Wildman–Crippen LogP) is -0.0739. The first-order chi connectivity index (χ1) is 9.51. The molecule has 0 aliphatic carbocycles. The van der Waals surface area contributed by atoms with Gasteiger partial charge in [-0.1, -0.05) is 11.8 Å². The summed E-state index contributed by atoms with van der Waals surface area (Å²) in [6.45, 7) is 0.235. The third-order valence-corrected chi connectivity index (χ3v) is 3.63. The first-order valence-electron chi connectivity index (χ1n) is 5.68. The summed E-state index contributed by atoms with van der Waals surface area (Å²) in [4.78, 5) is 4.02. The molecular formula is C12H13N5O2S. The molecule has 0 aromatic carbocycles. The number of pyridine rings is 1. The lowest BCUT2D eigenvalue weighted by molar-refractivity contribution is 0.601. The molecule has 0 radical (unpaired) electrons. The van der Waals surface area contributed by atoms with Crippen LogP contribution in [0.1, 0.15) is 5.56 Å². The van der Waals surface area contributed by atoms with E-state index in [4.69, 9.17) is 5.73 Å². The lowest BCUT2D eigenvalue weighted by Crippen LogP contribution is -2.13. The van der Waals surface area contributed by atoms with Gasteiger partial charge in [-0.25, -0.2) is 13.4 Å². The van der Waals surface area contributed by atoms with Crippen molar-refractivity contribution in [1.82, 2.24) is 14.8 Å². The van der Waals surface area contributed by atoms with Crippen LogP contribution in [-0.2, 0) is 17.1 Å². The third kappa shape index (κ3) is 3.34. The van der Waals surface area contributed by atoms with Gasteiger partial charge in [0.25, 0.3) is 10.0 Å². The Morgan fingerprint density at radius 2 is 2.30 bits per heavy atom. The van der Waals surface area contributed by atoms with Crippen molar-refractivity contribution in [2.45, 2.75) is 4.90 Å². The van der Waals surface area contributed by atoms with Crippen molar-refractivity contribution < 1.29 is 8.42 Å². The van der Waals surface area contributed by atoms with E-state index in [9.17, 15) is 8.42 Å². The Kier molecular flexibility index (Phi) is 4.02. The molecule has 20 heavy (non-hydrogen) atoms. The van der Waals surface area contributed by atoms with Crippen molar-refractivity contribution in [3.05, 3.63) is 36.3 Å². The summed E-state index contributed by atoms with van der Waals surface area (Å²) in [5.74, 6) is 5.69. The highest BCUT2D eigenvalue weighted by Crippen LogP contribution is 2.13. The van der Waals surface area contributed by atoms with Gasteiger partial charge in [0.2, 0.25) is 0 Å². The summed E-state index contributed by atoms with van der Waals surface area (Å²) in [6, 6.07) is 3.21. The fraction of sp³-hybridized carbons (Fsp3) is 0.167. The molecule has 2 rings (SSSR count). The van der Waals surface area contributed by atoms with Crippen LogP contribution in [0.25, 0.3) is 0 Å². The van der Waals surface area contributed by atoms with E-state index in [0.29, 0.717) is 5.56 Å². The third-order valence-electron chi connectivity index (χ3n) is 2.33. The molecule has 0 unspecified atom stereocenters. The fourth-order valence-electron chi connectivity index (χ4n) is 1.45. The molecule has 2 aromatic rings. The number of sulfonamides is 1. The normalized spacial score (nSPS) is 10.7. The van der Waals surface area contributed by atoms with Crippen LogP contribution in [0.5, 0.6) is 0 Å². The summed E-state index contributed by atoms with van der Waals surface area (Å²) in [6.07, 6.45) is 4.14. The van der Waals surface area contributed by atoms with Crippen LogP contribution < -0.4 is 10.5 Å². The van der Waals surface area contributed by atoms with E-state index in [0.717, 1.165) is 0 Å². The van der Waals surface area contributed by atoms with Gasteiger partial charge in [-0.3, -0.25) is 9.40 Å². The smallest absolute Gasteiger partial charge is 0.266 e. The SMILES string of the molecule is Cn1cc(S(=O)(=O)Nc2cc(C#CCN)ccn2)cn1. The van der Waals surface area contributed by atoms with E-state index in [1.165, 1.54) is 29.3 Å². The quantitative estimate of drug-likeness (QED) is 0.770. The van der Waals surface area contributed by atoms with Crippen LogP contribution in [0, 0.1) is 11.8 Å². The Balaban J connectivity index is 2.25. The maximum atomic E-state index is 12.1. The molecule has 2 heterocycles. The number of nitrogens with one attached hydrogen (secondary N) is 1.